The molecule has 5 nitrogen and oxygen atoms in total. The Morgan fingerprint density at radius 3 is 2.38 bits per heavy atom. The summed E-state index contributed by atoms with van der Waals surface area (Å²) in [4.78, 5) is 10.4. The Bertz CT molecular complexity index is 248. The Hall–Kier alpha value is -0.620. The van der Waals surface area contributed by atoms with Crippen LogP contribution in [-0.2, 0) is 14.6 Å². The van der Waals surface area contributed by atoms with E-state index in [0.717, 1.165) is 0 Å². The summed E-state index contributed by atoms with van der Waals surface area (Å²) in [5.74, 6) is -0.194. The Morgan fingerprint density at radius 2 is 1.92 bits per heavy atom. The molecule has 0 spiro atoms. The summed E-state index contributed by atoms with van der Waals surface area (Å²) in [6.45, 7) is 2.75. The number of sulfone groups is 1. The Morgan fingerprint density at radius 1 is 1.31 bits per heavy atom. The zero-order valence-corrected chi connectivity index (χ0v) is 8.36. The minimum Gasteiger partial charge on any atom is -0.355 e. The molecule has 76 valence electrons. The molecule has 0 aliphatic rings. The molecule has 0 fully saturated rings. The second-order valence-electron chi connectivity index (χ2n) is 2.60. The zero-order chi connectivity index (χ0) is 10.3. The van der Waals surface area contributed by atoms with Gasteiger partial charge in [0, 0.05) is 26.6 Å². The fourth-order valence-electron chi connectivity index (χ4n) is 0.666. The molecule has 0 bridgehead atoms. The smallest absolute Gasteiger partial charge is 0.216 e. The van der Waals surface area contributed by atoms with Gasteiger partial charge in [-0.2, -0.15) is 0 Å². The molecule has 0 saturated heterocycles. The number of amides is 1. The quantitative estimate of drug-likeness (QED) is 0.535. The van der Waals surface area contributed by atoms with Gasteiger partial charge < -0.3 is 10.6 Å². The molecule has 0 atom stereocenters. The maximum atomic E-state index is 10.4. The summed E-state index contributed by atoms with van der Waals surface area (Å²) in [6.07, 6.45) is 4.76. The lowest BCUT2D eigenvalue weighted by atomic mass is 10.5. The molecule has 0 aromatic rings. The minimum atomic E-state index is -3.38. The Kier molecular flexibility index (Phi) is 5.65. The van der Waals surface area contributed by atoms with Crippen molar-refractivity contribution in [3.63, 3.8) is 0 Å². The van der Waals surface area contributed by atoms with Crippen LogP contribution in [0.5, 0.6) is 0 Å². The first-order chi connectivity index (χ1) is 5.92. The molecule has 0 unspecified atom stereocenters. The van der Waals surface area contributed by atoms with E-state index < -0.39 is 9.84 Å². The van der Waals surface area contributed by atoms with Crippen LogP contribution in [0, 0.1) is 6.26 Å². The topological polar surface area (TPSA) is 75.3 Å². The van der Waals surface area contributed by atoms with Gasteiger partial charge in [-0.3, -0.25) is 4.79 Å². The van der Waals surface area contributed by atoms with Gasteiger partial charge in [0.25, 0.3) is 0 Å². The van der Waals surface area contributed by atoms with E-state index >= 15 is 0 Å². The molecule has 0 heterocycles. The third-order valence-corrected chi connectivity index (χ3v) is 2.01. The van der Waals surface area contributed by atoms with Crippen molar-refractivity contribution in [3.05, 3.63) is 6.26 Å². The average Bonchev–Trinajstić information content (AvgIpc) is 1.93. The number of carbonyl (C=O) groups excluding carboxylic acids is 1. The highest BCUT2D eigenvalue weighted by Crippen LogP contribution is 1.81. The van der Waals surface area contributed by atoms with Crippen LogP contribution < -0.4 is 10.6 Å². The van der Waals surface area contributed by atoms with Crippen LogP contribution in [0.3, 0.4) is 0 Å². The normalized spacial score (nSPS) is 11.2. The molecule has 13 heavy (non-hydrogen) atoms. The summed E-state index contributed by atoms with van der Waals surface area (Å²) < 4.78 is 20.9. The lowest BCUT2D eigenvalue weighted by molar-refractivity contribution is -0.118. The lowest BCUT2D eigenvalue weighted by Gasteiger charge is -2.03. The van der Waals surface area contributed by atoms with E-state index in [1.807, 2.05) is 0 Å². The minimum absolute atomic E-state index is 0.0902. The number of rotatable bonds is 6. The fourth-order valence-corrected chi connectivity index (χ4v) is 1.10. The molecule has 0 aromatic carbocycles. The van der Waals surface area contributed by atoms with E-state index in [2.05, 4.69) is 10.6 Å². The third-order valence-electron chi connectivity index (χ3n) is 1.24. The molecule has 0 saturated carbocycles. The molecule has 0 aliphatic carbocycles. The van der Waals surface area contributed by atoms with Gasteiger partial charge in [-0.25, -0.2) is 8.42 Å². The van der Waals surface area contributed by atoms with Crippen LogP contribution in [0.25, 0.3) is 0 Å². The van der Waals surface area contributed by atoms with Crippen LogP contribution in [0.1, 0.15) is 6.92 Å². The maximum Gasteiger partial charge on any atom is 0.216 e. The van der Waals surface area contributed by atoms with Crippen molar-refractivity contribution >= 4 is 15.7 Å². The highest BCUT2D eigenvalue weighted by molar-refractivity contribution is 7.92. The van der Waals surface area contributed by atoms with Gasteiger partial charge in [0.1, 0.15) is 0 Å². The van der Waals surface area contributed by atoms with Gasteiger partial charge in [0.2, 0.25) is 5.91 Å². The van der Waals surface area contributed by atoms with Crippen LogP contribution in [0.4, 0.5) is 0 Å². The Balaban J connectivity index is 3.23. The van der Waals surface area contributed by atoms with E-state index in [4.69, 9.17) is 6.26 Å². The van der Waals surface area contributed by atoms with Crippen molar-refractivity contribution in [3.8, 4) is 0 Å². The first kappa shape index (κ1) is 12.4. The molecular weight excluding hydrogens is 192 g/mol. The standard InChI is InChI=1S/C7H14N2O3S/c1-7(10)9-4-3-8-5-6-13(2,11)12/h2,8H,3-6H2,1H3,(H,9,10). The van der Waals surface area contributed by atoms with Crippen molar-refractivity contribution < 1.29 is 13.2 Å². The molecule has 1 amide bonds. The van der Waals surface area contributed by atoms with Crippen molar-refractivity contribution in [2.75, 3.05) is 25.4 Å². The van der Waals surface area contributed by atoms with E-state index in [9.17, 15) is 13.2 Å². The molecule has 0 aromatic heterocycles. The fraction of sp³-hybridized carbons (Fsp3) is 0.714. The third kappa shape index (κ3) is 11.4. The van der Waals surface area contributed by atoms with Crippen LogP contribution in [-0.4, -0.2) is 39.7 Å². The van der Waals surface area contributed by atoms with Gasteiger partial charge >= 0.3 is 0 Å². The van der Waals surface area contributed by atoms with E-state index in [-0.39, 0.29) is 11.7 Å². The number of hydrogen-bond acceptors (Lipinski definition) is 4. The monoisotopic (exact) mass is 206 g/mol. The highest BCUT2D eigenvalue weighted by Gasteiger charge is 2.00. The Labute approximate surface area is 78.8 Å². The van der Waals surface area contributed by atoms with Crippen LogP contribution in [0.15, 0.2) is 0 Å². The summed E-state index contributed by atoms with van der Waals surface area (Å²) in [5, 5.41) is 5.38. The van der Waals surface area contributed by atoms with Gasteiger partial charge in [0.05, 0.1) is 12.0 Å². The molecule has 2 N–H and O–H groups in total. The summed E-state index contributed by atoms with van der Waals surface area (Å²) in [5.41, 5.74) is 0. The molecule has 2 radical (unpaired) electrons. The van der Waals surface area contributed by atoms with E-state index in [1.165, 1.54) is 6.92 Å². The van der Waals surface area contributed by atoms with Crippen molar-refractivity contribution in [1.29, 1.82) is 0 Å². The van der Waals surface area contributed by atoms with Crippen molar-refractivity contribution in [1.82, 2.24) is 10.6 Å². The summed E-state index contributed by atoms with van der Waals surface area (Å²) >= 11 is 0. The molecule has 0 rings (SSSR count). The van der Waals surface area contributed by atoms with Gasteiger partial charge in [-0.05, 0) is 0 Å². The van der Waals surface area contributed by atoms with Gasteiger partial charge in [0.15, 0.2) is 9.84 Å². The first-order valence-electron chi connectivity index (χ1n) is 3.87. The van der Waals surface area contributed by atoms with Crippen molar-refractivity contribution in [2.24, 2.45) is 0 Å². The van der Waals surface area contributed by atoms with Gasteiger partial charge in [-0.1, -0.05) is 0 Å². The van der Waals surface area contributed by atoms with Crippen LogP contribution in [0.2, 0.25) is 0 Å². The van der Waals surface area contributed by atoms with E-state index in [1.54, 1.807) is 0 Å². The number of nitrogens with one attached hydrogen (secondary N) is 2. The van der Waals surface area contributed by atoms with Crippen LogP contribution >= 0.6 is 0 Å². The predicted molar refractivity (Wildman–Crippen MR) is 49.6 cm³/mol. The zero-order valence-electron chi connectivity index (χ0n) is 7.54. The number of hydrogen-bond donors (Lipinski definition) is 2. The summed E-state index contributed by atoms with van der Waals surface area (Å²) in [7, 11) is -3.38. The number of carbonyl (C=O) groups is 1. The SMILES string of the molecule is [CH]S(=O)(=O)CCNCCNC(C)=O. The molecule has 0 aliphatic heterocycles. The summed E-state index contributed by atoms with van der Waals surface area (Å²) in [6, 6.07) is 0. The predicted octanol–water partition coefficient (Wildman–Crippen LogP) is -1.20. The maximum absolute atomic E-state index is 10.4. The highest BCUT2D eigenvalue weighted by atomic mass is 32.2. The first-order valence-corrected chi connectivity index (χ1v) is 5.59. The lowest BCUT2D eigenvalue weighted by Crippen LogP contribution is -2.32. The largest absolute Gasteiger partial charge is 0.355 e. The second kappa shape index (κ2) is 5.93. The second-order valence-corrected chi connectivity index (χ2v) is 4.33. The average molecular weight is 206 g/mol. The van der Waals surface area contributed by atoms with Crippen molar-refractivity contribution in [2.45, 2.75) is 6.92 Å². The van der Waals surface area contributed by atoms with Gasteiger partial charge in [-0.15, -0.1) is 0 Å². The van der Waals surface area contributed by atoms with E-state index in [0.29, 0.717) is 19.6 Å². The molecular formula is C7H14N2O3S. The molecule has 6 heteroatoms.